The van der Waals surface area contributed by atoms with Gasteiger partial charge in [0, 0.05) is 18.9 Å². The van der Waals surface area contributed by atoms with Crippen molar-refractivity contribution in [2.45, 2.75) is 18.4 Å². The Morgan fingerprint density at radius 1 is 1.15 bits per heavy atom. The van der Waals surface area contributed by atoms with Gasteiger partial charge in [-0.05, 0) is 30.3 Å². The molecule has 1 aromatic carbocycles. The molecule has 0 aliphatic carbocycles. The van der Waals surface area contributed by atoms with E-state index < -0.39 is 10.0 Å². The molecule has 106 valence electrons. The van der Waals surface area contributed by atoms with E-state index in [0.717, 1.165) is 12.1 Å². The number of rotatable bonds is 6. The van der Waals surface area contributed by atoms with Crippen molar-refractivity contribution >= 4 is 15.7 Å². The van der Waals surface area contributed by atoms with Crippen LogP contribution < -0.4 is 10.0 Å². The first-order valence-corrected chi connectivity index (χ1v) is 7.83. The van der Waals surface area contributed by atoms with Crippen LogP contribution in [-0.2, 0) is 16.6 Å². The van der Waals surface area contributed by atoms with Crippen LogP contribution in [0.3, 0.4) is 0 Å². The molecule has 0 aliphatic heterocycles. The van der Waals surface area contributed by atoms with Gasteiger partial charge in [0.05, 0.1) is 5.69 Å². The van der Waals surface area contributed by atoms with Crippen LogP contribution >= 0.6 is 0 Å². The molecule has 0 saturated heterocycles. The first-order chi connectivity index (χ1) is 9.63. The largest absolute Gasteiger partial charge is 0.313 e. The summed E-state index contributed by atoms with van der Waals surface area (Å²) in [5.74, 6) is 0. The number of para-hydroxylation sites is 1. The maximum Gasteiger partial charge on any atom is 0.263 e. The molecule has 5 nitrogen and oxygen atoms in total. The van der Waals surface area contributed by atoms with Crippen molar-refractivity contribution in [2.24, 2.45) is 0 Å². The predicted octanol–water partition coefficient (Wildman–Crippen LogP) is 1.99. The normalized spacial score (nSPS) is 11.2. The molecule has 6 heteroatoms. The highest BCUT2D eigenvalue weighted by atomic mass is 32.2. The summed E-state index contributed by atoms with van der Waals surface area (Å²) < 4.78 is 27.1. The van der Waals surface area contributed by atoms with Crippen LogP contribution in [0.15, 0.2) is 53.7 Å². The molecule has 0 spiro atoms. The second-order valence-electron chi connectivity index (χ2n) is 4.23. The molecule has 2 N–H and O–H groups in total. The van der Waals surface area contributed by atoms with E-state index >= 15 is 0 Å². The first kappa shape index (κ1) is 14.5. The van der Waals surface area contributed by atoms with Gasteiger partial charge >= 0.3 is 0 Å². The minimum Gasteiger partial charge on any atom is -0.313 e. The van der Waals surface area contributed by atoms with Gasteiger partial charge in [-0.2, -0.15) is 0 Å². The second-order valence-corrected chi connectivity index (χ2v) is 5.91. The van der Waals surface area contributed by atoms with E-state index in [4.69, 9.17) is 0 Å². The van der Waals surface area contributed by atoms with Crippen LogP contribution in [0.2, 0.25) is 0 Å². The van der Waals surface area contributed by atoms with Crippen LogP contribution in [0.5, 0.6) is 0 Å². The molecule has 2 rings (SSSR count). The van der Waals surface area contributed by atoms with Gasteiger partial charge in [0.2, 0.25) is 0 Å². The Kier molecular flexibility index (Phi) is 4.70. The Hall–Kier alpha value is -1.92. The van der Waals surface area contributed by atoms with Crippen LogP contribution in [0.4, 0.5) is 5.69 Å². The van der Waals surface area contributed by atoms with E-state index in [0.29, 0.717) is 12.2 Å². The number of aromatic nitrogens is 1. The van der Waals surface area contributed by atoms with Gasteiger partial charge in [0.1, 0.15) is 4.90 Å². The molecular formula is C14H17N3O2S. The summed E-state index contributed by atoms with van der Waals surface area (Å²) in [7, 11) is -3.60. The zero-order chi connectivity index (χ0) is 14.4. The fourth-order valence-corrected chi connectivity index (χ4v) is 2.81. The summed E-state index contributed by atoms with van der Waals surface area (Å²) in [6.07, 6.45) is 2.87. The molecule has 0 amide bonds. The molecule has 0 fully saturated rings. The highest BCUT2D eigenvalue weighted by Crippen LogP contribution is 2.19. The van der Waals surface area contributed by atoms with E-state index in [9.17, 15) is 8.42 Å². The lowest BCUT2D eigenvalue weighted by molar-refractivity contribution is 0.600. The molecule has 0 aliphatic rings. The Bertz CT molecular complexity index is 657. The molecule has 0 unspecified atom stereocenters. The lowest BCUT2D eigenvalue weighted by atomic mass is 10.2. The molecule has 0 saturated carbocycles. The highest BCUT2D eigenvalue weighted by Gasteiger charge is 2.15. The highest BCUT2D eigenvalue weighted by molar-refractivity contribution is 7.92. The summed E-state index contributed by atoms with van der Waals surface area (Å²) in [5.41, 5.74) is 1.49. The Morgan fingerprint density at radius 3 is 2.65 bits per heavy atom. The van der Waals surface area contributed by atoms with E-state index in [1.807, 2.05) is 19.1 Å². The topological polar surface area (TPSA) is 71.1 Å². The number of hydrogen-bond donors (Lipinski definition) is 2. The third kappa shape index (κ3) is 3.55. The van der Waals surface area contributed by atoms with E-state index in [1.54, 1.807) is 18.2 Å². The van der Waals surface area contributed by atoms with Crippen LogP contribution in [0, 0.1) is 0 Å². The average molecular weight is 291 g/mol. The van der Waals surface area contributed by atoms with Gasteiger partial charge in [-0.25, -0.2) is 8.42 Å². The molecule has 0 bridgehead atoms. The lowest BCUT2D eigenvalue weighted by Gasteiger charge is -2.12. The van der Waals surface area contributed by atoms with Crippen molar-refractivity contribution in [1.82, 2.24) is 10.3 Å². The summed E-state index contributed by atoms with van der Waals surface area (Å²) in [6, 6.07) is 10.4. The van der Waals surface area contributed by atoms with Crippen molar-refractivity contribution in [3.8, 4) is 0 Å². The summed E-state index contributed by atoms with van der Waals surface area (Å²) in [6.45, 7) is 3.44. The van der Waals surface area contributed by atoms with Crippen LogP contribution in [0.25, 0.3) is 0 Å². The van der Waals surface area contributed by atoms with Gasteiger partial charge < -0.3 is 5.32 Å². The van der Waals surface area contributed by atoms with Gasteiger partial charge in [-0.1, -0.05) is 25.1 Å². The number of nitrogens with one attached hydrogen (secondary N) is 2. The van der Waals surface area contributed by atoms with Crippen molar-refractivity contribution in [2.75, 3.05) is 11.3 Å². The predicted molar refractivity (Wildman–Crippen MR) is 78.9 cm³/mol. The third-order valence-corrected chi connectivity index (χ3v) is 4.12. The second kappa shape index (κ2) is 6.49. The zero-order valence-corrected chi connectivity index (χ0v) is 12.0. The molecule has 1 heterocycles. The minimum absolute atomic E-state index is 0.151. The standard InChI is InChI=1S/C14H17N3O2S/c1-2-15-10-12-6-3-4-8-14(12)17-20(18,19)13-7-5-9-16-11-13/h3-9,11,15,17H,2,10H2,1H3. The zero-order valence-electron chi connectivity index (χ0n) is 11.2. The molecule has 20 heavy (non-hydrogen) atoms. The van der Waals surface area contributed by atoms with Gasteiger partial charge in [-0.3, -0.25) is 9.71 Å². The molecule has 2 aromatic rings. The number of hydrogen-bond acceptors (Lipinski definition) is 4. The van der Waals surface area contributed by atoms with Gasteiger partial charge in [0.15, 0.2) is 0 Å². The van der Waals surface area contributed by atoms with Gasteiger partial charge in [0.25, 0.3) is 10.0 Å². The Balaban J connectivity index is 2.26. The lowest BCUT2D eigenvalue weighted by Crippen LogP contribution is -2.17. The maximum atomic E-state index is 12.3. The van der Waals surface area contributed by atoms with E-state index in [1.165, 1.54) is 18.5 Å². The average Bonchev–Trinajstić information content (AvgIpc) is 2.47. The number of anilines is 1. The van der Waals surface area contributed by atoms with Crippen LogP contribution in [0.1, 0.15) is 12.5 Å². The SMILES string of the molecule is CCNCc1ccccc1NS(=O)(=O)c1cccnc1. The maximum absolute atomic E-state index is 12.3. The monoisotopic (exact) mass is 291 g/mol. The molecule has 0 radical (unpaired) electrons. The van der Waals surface area contributed by atoms with Crippen molar-refractivity contribution in [3.63, 3.8) is 0 Å². The van der Waals surface area contributed by atoms with Crippen LogP contribution in [-0.4, -0.2) is 19.9 Å². The number of pyridine rings is 1. The number of benzene rings is 1. The van der Waals surface area contributed by atoms with Crippen molar-refractivity contribution < 1.29 is 8.42 Å². The quantitative estimate of drug-likeness (QED) is 0.854. The number of sulfonamides is 1. The smallest absolute Gasteiger partial charge is 0.263 e. The van der Waals surface area contributed by atoms with E-state index in [-0.39, 0.29) is 4.90 Å². The summed E-state index contributed by atoms with van der Waals surface area (Å²) in [4.78, 5) is 3.98. The number of nitrogens with zero attached hydrogens (tertiary/aromatic N) is 1. The molecule has 0 atom stereocenters. The van der Waals surface area contributed by atoms with Gasteiger partial charge in [-0.15, -0.1) is 0 Å². The first-order valence-electron chi connectivity index (χ1n) is 6.35. The minimum atomic E-state index is -3.60. The third-order valence-electron chi connectivity index (χ3n) is 2.77. The fourth-order valence-electron chi connectivity index (χ4n) is 1.74. The molecular weight excluding hydrogens is 274 g/mol. The van der Waals surface area contributed by atoms with Crippen molar-refractivity contribution in [1.29, 1.82) is 0 Å². The summed E-state index contributed by atoms with van der Waals surface area (Å²) in [5, 5.41) is 3.18. The Morgan fingerprint density at radius 2 is 1.95 bits per heavy atom. The fraction of sp³-hybridized carbons (Fsp3) is 0.214. The van der Waals surface area contributed by atoms with Crippen molar-refractivity contribution in [3.05, 3.63) is 54.4 Å². The Labute approximate surface area is 119 Å². The summed E-state index contributed by atoms with van der Waals surface area (Å²) >= 11 is 0. The van der Waals surface area contributed by atoms with E-state index in [2.05, 4.69) is 15.0 Å². The molecule has 1 aromatic heterocycles.